The molecule has 3 heterocycles. The van der Waals surface area contributed by atoms with Gasteiger partial charge in [0.1, 0.15) is 0 Å². The molecule has 128 valence electrons. The van der Waals surface area contributed by atoms with Crippen molar-refractivity contribution in [1.29, 1.82) is 0 Å². The van der Waals surface area contributed by atoms with Crippen LogP contribution in [0.1, 0.15) is 21.4 Å². The van der Waals surface area contributed by atoms with E-state index in [0.29, 0.717) is 10.8 Å². The van der Waals surface area contributed by atoms with Crippen molar-refractivity contribution >= 4 is 51.9 Å². The zero-order valence-corrected chi connectivity index (χ0v) is 16.6. The molecular weight excluding hydrogens is 390 g/mol. The molecule has 6 heteroatoms. The summed E-state index contributed by atoms with van der Waals surface area (Å²) in [6.07, 6.45) is 0.942. The second-order valence-electron chi connectivity index (χ2n) is 5.77. The van der Waals surface area contributed by atoms with Crippen LogP contribution in [-0.4, -0.2) is 23.1 Å². The highest BCUT2D eigenvalue weighted by molar-refractivity contribution is 8.00. The van der Waals surface area contributed by atoms with Gasteiger partial charge < -0.3 is 4.90 Å². The van der Waals surface area contributed by atoms with Crippen LogP contribution >= 0.6 is 46.0 Å². The molecule has 0 fully saturated rings. The summed E-state index contributed by atoms with van der Waals surface area (Å²) in [5.74, 6) is 0.575. The quantitative estimate of drug-likeness (QED) is 0.516. The highest BCUT2D eigenvalue weighted by atomic mass is 35.5. The summed E-state index contributed by atoms with van der Waals surface area (Å²) < 4.78 is 0. The van der Waals surface area contributed by atoms with Gasteiger partial charge in [-0.05, 0) is 47.0 Å². The van der Waals surface area contributed by atoms with E-state index in [4.69, 9.17) is 11.6 Å². The van der Waals surface area contributed by atoms with Crippen molar-refractivity contribution < 1.29 is 4.79 Å². The van der Waals surface area contributed by atoms with Crippen LogP contribution in [-0.2, 0) is 11.2 Å². The number of hydrogen-bond acceptors (Lipinski definition) is 4. The van der Waals surface area contributed by atoms with E-state index in [9.17, 15) is 4.79 Å². The topological polar surface area (TPSA) is 20.3 Å². The summed E-state index contributed by atoms with van der Waals surface area (Å²) >= 11 is 11.2. The Morgan fingerprint density at radius 3 is 2.84 bits per heavy atom. The average molecular weight is 406 g/mol. The number of halogens is 1. The molecule has 0 N–H and O–H groups in total. The number of amides is 1. The molecule has 2 nitrogen and oxygen atoms in total. The normalized spacial score (nSPS) is 16.7. The second-order valence-corrected chi connectivity index (χ2v) is 9.18. The lowest BCUT2D eigenvalue weighted by molar-refractivity contribution is -0.130. The molecule has 25 heavy (non-hydrogen) atoms. The van der Waals surface area contributed by atoms with Crippen LogP contribution in [0.25, 0.3) is 0 Å². The number of thioether (sulfide) groups is 1. The molecule has 1 aromatic carbocycles. The van der Waals surface area contributed by atoms with E-state index in [0.717, 1.165) is 17.9 Å². The van der Waals surface area contributed by atoms with Crippen molar-refractivity contribution in [3.05, 3.63) is 73.6 Å². The van der Waals surface area contributed by atoms with Crippen molar-refractivity contribution in [3.63, 3.8) is 0 Å². The van der Waals surface area contributed by atoms with Gasteiger partial charge in [0.15, 0.2) is 0 Å². The first-order valence-electron chi connectivity index (χ1n) is 8.00. The molecule has 2 aromatic heterocycles. The van der Waals surface area contributed by atoms with E-state index in [1.807, 2.05) is 29.2 Å². The maximum atomic E-state index is 13.0. The van der Waals surface area contributed by atoms with Gasteiger partial charge in [0.2, 0.25) is 5.91 Å². The zero-order valence-electron chi connectivity index (χ0n) is 13.4. The fraction of sp³-hybridized carbons (Fsp3) is 0.211. The van der Waals surface area contributed by atoms with E-state index < -0.39 is 0 Å². The maximum absolute atomic E-state index is 13.0. The Hall–Kier alpha value is -1.27. The third kappa shape index (κ3) is 3.51. The van der Waals surface area contributed by atoms with Crippen LogP contribution in [0, 0.1) is 0 Å². The minimum Gasteiger partial charge on any atom is -0.330 e. The van der Waals surface area contributed by atoms with Gasteiger partial charge in [-0.2, -0.15) is 0 Å². The predicted octanol–water partition coefficient (Wildman–Crippen LogP) is 5.73. The molecule has 0 bridgehead atoms. The largest absolute Gasteiger partial charge is 0.330 e. The molecule has 0 radical (unpaired) electrons. The van der Waals surface area contributed by atoms with Crippen molar-refractivity contribution in [2.24, 2.45) is 0 Å². The van der Waals surface area contributed by atoms with E-state index in [1.165, 1.54) is 27.1 Å². The molecule has 3 aromatic rings. The molecule has 1 amide bonds. The number of carbonyl (C=O) groups excluding carboxylic acids is 1. The van der Waals surface area contributed by atoms with Crippen molar-refractivity contribution in [2.45, 2.75) is 17.4 Å². The van der Waals surface area contributed by atoms with Gasteiger partial charge in [-0.3, -0.25) is 4.79 Å². The number of benzene rings is 1. The third-order valence-electron chi connectivity index (χ3n) is 4.29. The van der Waals surface area contributed by atoms with Gasteiger partial charge in [0, 0.05) is 21.2 Å². The Morgan fingerprint density at radius 1 is 1.16 bits per heavy atom. The van der Waals surface area contributed by atoms with Crippen LogP contribution in [0.4, 0.5) is 0 Å². The first-order valence-corrected chi connectivity index (χ1v) is 11.1. The maximum Gasteiger partial charge on any atom is 0.233 e. The molecule has 0 aliphatic carbocycles. The fourth-order valence-corrected chi connectivity index (χ4v) is 6.01. The molecule has 1 aliphatic rings. The SMILES string of the molecule is O=C(CSc1ccccc1Cl)N1CCc2sccc2[C@H]1c1cccs1. The summed E-state index contributed by atoms with van der Waals surface area (Å²) in [6.45, 7) is 0.776. The minimum atomic E-state index is 0.0503. The van der Waals surface area contributed by atoms with Gasteiger partial charge in [0.25, 0.3) is 0 Å². The van der Waals surface area contributed by atoms with Crippen molar-refractivity contribution in [1.82, 2.24) is 4.90 Å². The fourth-order valence-electron chi connectivity index (χ4n) is 3.12. The van der Waals surface area contributed by atoms with Crippen LogP contribution in [0.15, 0.2) is 58.1 Å². The van der Waals surface area contributed by atoms with E-state index in [-0.39, 0.29) is 11.9 Å². The molecule has 0 saturated carbocycles. The molecule has 0 saturated heterocycles. The summed E-state index contributed by atoms with van der Waals surface area (Å²) in [6, 6.07) is 14.1. The Balaban J connectivity index is 1.56. The van der Waals surface area contributed by atoms with E-state index in [2.05, 4.69) is 29.0 Å². The number of hydrogen-bond donors (Lipinski definition) is 0. The summed E-state index contributed by atoms with van der Waals surface area (Å²) in [5.41, 5.74) is 1.29. The Kier molecular flexibility index (Phi) is 5.17. The van der Waals surface area contributed by atoms with E-state index >= 15 is 0 Å². The van der Waals surface area contributed by atoms with Gasteiger partial charge in [0.05, 0.1) is 16.8 Å². The highest BCUT2D eigenvalue weighted by Gasteiger charge is 2.33. The highest BCUT2D eigenvalue weighted by Crippen LogP contribution is 2.40. The third-order valence-corrected chi connectivity index (χ3v) is 7.71. The van der Waals surface area contributed by atoms with Crippen molar-refractivity contribution in [3.8, 4) is 0 Å². The number of fused-ring (bicyclic) bond motifs is 1. The van der Waals surface area contributed by atoms with Crippen LogP contribution < -0.4 is 0 Å². The first-order chi connectivity index (χ1) is 12.2. The van der Waals surface area contributed by atoms with E-state index in [1.54, 1.807) is 22.7 Å². The standard InChI is InChI=1S/C19H16ClNOS3/c20-14-4-1-2-5-16(14)25-12-18(22)21-9-7-15-13(8-11-24-15)19(21)17-6-3-10-23-17/h1-6,8,10-11,19H,7,9,12H2/t19-/m0/s1. The molecule has 1 atom stereocenters. The predicted molar refractivity (Wildman–Crippen MR) is 108 cm³/mol. The lowest BCUT2D eigenvalue weighted by atomic mass is 9.98. The monoisotopic (exact) mass is 405 g/mol. The van der Waals surface area contributed by atoms with Gasteiger partial charge >= 0.3 is 0 Å². The Bertz CT molecular complexity index is 874. The zero-order chi connectivity index (χ0) is 17.2. The summed E-state index contributed by atoms with van der Waals surface area (Å²) in [7, 11) is 0. The minimum absolute atomic E-state index is 0.0503. The molecular formula is C19H16ClNOS3. The molecule has 0 spiro atoms. The van der Waals surface area contributed by atoms with Gasteiger partial charge in [-0.25, -0.2) is 0 Å². The summed E-state index contributed by atoms with van der Waals surface area (Å²) in [5, 5.41) is 4.92. The second kappa shape index (κ2) is 7.54. The number of thiophene rings is 2. The smallest absolute Gasteiger partial charge is 0.233 e. The number of rotatable bonds is 4. The van der Waals surface area contributed by atoms with Gasteiger partial charge in [-0.15, -0.1) is 34.4 Å². The molecule has 1 aliphatic heterocycles. The Labute approximate surface area is 164 Å². The summed E-state index contributed by atoms with van der Waals surface area (Å²) in [4.78, 5) is 18.6. The van der Waals surface area contributed by atoms with Gasteiger partial charge in [-0.1, -0.05) is 29.8 Å². The Morgan fingerprint density at radius 2 is 2.04 bits per heavy atom. The number of nitrogens with zero attached hydrogens (tertiary/aromatic N) is 1. The lowest BCUT2D eigenvalue weighted by Gasteiger charge is -2.35. The lowest BCUT2D eigenvalue weighted by Crippen LogP contribution is -2.40. The molecule has 0 unspecified atom stereocenters. The van der Waals surface area contributed by atoms with Crippen LogP contribution in [0.2, 0.25) is 5.02 Å². The van der Waals surface area contributed by atoms with Crippen LogP contribution in [0.3, 0.4) is 0 Å². The average Bonchev–Trinajstić information content (AvgIpc) is 3.31. The van der Waals surface area contributed by atoms with Crippen LogP contribution in [0.5, 0.6) is 0 Å². The molecule has 4 rings (SSSR count). The first kappa shape index (κ1) is 17.2. The van der Waals surface area contributed by atoms with Crippen molar-refractivity contribution in [2.75, 3.05) is 12.3 Å². The number of carbonyl (C=O) groups is 1.